The van der Waals surface area contributed by atoms with Crippen LogP contribution in [0, 0.1) is 11.3 Å². The Morgan fingerprint density at radius 3 is 2.67 bits per heavy atom. The van der Waals surface area contributed by atoms with Crippen molar-refractivity contribution in [3.63, 3.8) is 0 Å². The summed E-state index contributed by atoms with van der Waals surface area (Å²) in [6.45, 7) is 1.98. The van der Waals surface area contributed by atoms with Gasteiger partial charge in [0.2, 0.25) is 0 Å². The van der Waals surface area contributed by atoms with E-state index in [1.165, 1.54) is 0 Å². The molecule has 1 N–H and O–H groups in total. The van der Waals surface area contributed by atoms with Crippen LogP contribution in [-0.4, -0.2) is 25.7 Å². The van der Waals surface area contributed by atoms with Crippen molar-refractivity contribution < 1.29 is 4.74 Å². The fraction of sp³-hybridized carbons (Fsp3) is 0.875. The average molecular weight is 162 g/mol. The lowest BCUT2D eigenvalue weighted by molar-refractivity contribution is 0.214. The van der Waals surface area contributed by atoms with Crippen LogP contribution in [0.2, 0.25) is 5.82 Å². The molecule has 4 heteroatoms. The van der Waals surface area contributed by atoms with Gasteiger partial charge in [-0.05, 0) is 19.2 Å². The van der Waals surface area contributed by atoms with Gasteiger partial charge in [0.05, 0.1) is 20.0 Å². The number of epoxide rings is 1. The fourth-order valence-corrected chi connectivity index (χ4v) is 1.54. The highest BCUT2D eigenvalue weighted by molar-refractivity contribution is 6.13. The van der Waals surface area contributed by atoms with E-state index in [1.54, 1.807) is 0 Å². The number of hydrogen-bond acceptors (Lipinski definition) is 3. The molecule has 1 heterocycles. The highest BCUT2D eigenvalue weighted by Gasteiger charge is 2.49. The molecule has 0 bridgehead atoms. The zero-order valence-corrected chi connectivity index (χ0v) is 7.08. The summed E-state index contributed by atoms with van der Waals surface area (Å²) in [5.74, 6) is -0.0288. The van der Waals surface area contributed by atoms with Gasteiger partial charge < -0.3 is 4.74 Å². The highest BCUT2D eigenvalue weighted by atomic mass is 16.6. The lowest BCUT2D eigenvalue weighted by Crippen LogP contribution is -2.55. The van der Waals surface area contributed by atoms with Crippen LogP contribution < -0.4 is 5.32 Å². The third-order valence-corrected chi connectivity index (χ3v) is 2.79. The molecule has 2 rings (SSSR count). The summed E-state index contributed by atoms with van der Waals surface area (Å²) in [7, 11) is 5.75. The predicted molar refractivity (Wildman–Crippen MR) is 44.6 cm³/mol. The Morgan fingerprint density at radius 1 is 1.75 bits per heavy atom. The van der Waals surface area contributed by atoms with Crippen molar-refractivity contribution in [2.75, 3.05) is 0 Å². The van der Waals surface area contributed by atoms with E-state index in [0.717, 1.165) is 12.8 Å². The highest BCUT2D eigenvalue weighted by Crippen LogP contribution is 2.42. The molecule has 1 aliphatic heterocycles. The molecular weight excluding hydrogens is 151 g/mol. The Hall–Kier alpha value is -0.525. The van der Waals surface area contributed by atoms with Gasteiger partial charge in [0.25, 0.3) is 0 Å². The first-order valence-corrected chi connectivity index (χ1v) is 4.28. The SMILES string of the molecule is [B][C@H]1CC[C@@]1(C#N)NC1OC1C. The van der Waals surface area contributed by atoms with Gasteiger partial charge in [-0.15, -0.1) is 0 Å². The van der Waals surface area contributed by atoms with Gasteiger partial charge in [-0.1, -0.05) is 6.42 Å². The number of rotatable bonds is 2. The predicted octanol–water partition coefficient (Wildman–Crippen LogP) is 0.334. The molecule has 0 aromatic carbocycles. The molecule has 2 fully saturated rings. The molecule has 2 radical (unpaired) electrons. The van der Waals surface area contributed by atoms with Crippen LogP contribution in [0.4, 0.5) is 0 Å². The maximum atomic E-state index is 8.92. The molecule has 3 nitrogen and oxygen atoms in total. The zero-order chi connectivity index (χ0) is 8.77. The number of hydrogen-bond donors (Lipinski definition) is 1. The molecule has 0 aromatic rings. The molecule has 1 saturated heterocycles. The number of nitrogens with one attached hydrogen (secondary N) is 1. The maximum Gasteiger partial charge on any atom is 0.136 e. The summed E-state index contributed by atoms with van der Waals surface area (Å²) < 4.78 is 5.18. The van der Waals surface area contributed by atoms with Gasteiger partial charge >= 0.3 is 0 Å². The minimum absolute atomic E-state index is 0.0288. The van der Waals surface area contributed by atoms with Crippen molar-refractivity contribution in [1.29, 1.82) is 5.26 Å². The first-order valence-electron chi connectivity index (χ1n) is 4.28. The number of nitrogens with zero attached hydrogens (tertiary/aromatic N) is 1. The second kappa shape index (κ2) is 2.48. The van der Waals surface area contributed by atoms with Crippen LogP contribution >= 0.6 is 0 Å². The Labute approximate surface area is 73.5 Å². The van der Waals surface area contributed by atoms with E-state index in [0.29, 0.717) is 0 Å². The van der Waals surface area contributed by atoms with E-state index in [1.807, 2.05) is 6.92 Å². The van der Waals surface area contributed by atoms with Gasteiger partial charge in [0.1, 0.15) is 11.8 Å². The standard InChI is InChI=1S/C8H11BN2O/c1-5-7(12-5)11-8(4-10)3-2-6(8)9/h5-7,11H,2-3H2,1H3/t5?,6-,7?,8-/m0/s1. The Balaban J connectivity index is 1.96. The largest absolute Gasteiger partial charge is 0.353 e. The van der Waals surface area contributed by atoms with E-state index < -0.39 is 5.54 Å². The zero-order valence-electron chi connectivity index (χ0n) is 7.08. The second-order valence-electron chi connectivity index (χ2n) is 3.63. The monoisotopic (exact) mass is 162 g/mol. The Bertz CT molecular complexity index is 240. The summed E-state index contributed by atoms with van der Waals surface area (Å²) in [4.78, 5) is 0. The first kappa shape index (κ1) is 8.09. The third-order valence-electron chi connectivity index (χ3n) is 2.79. The first-order chi connectivity index (χ1) is 5.68. The quantitative estimate of drug-likeness (QED) is 0.470. The van der Waals surface area contributed by atoms with Gasteiger partial charge in [-0.3, -0.25) is 5.32 Å². The molecule has 62 valence electrons. The van der Waals surface area contributed by atoms with Crippen LogP contribution in [-0.2, 0) is 4.74 Å². The van der Waals surface area contributed by atoms with Crippen molar-refractivity contribution >= 4 is 7.85 Å². The fourth-order valence-electron chi connectivity index (χ4n) is 1.54. The molecule has 4 atom stereocenters. The van der Waals surface area contributed by atoms with E-state index >= 15 is 0 Å². The summed E-state index contributed by atoms with van der Waals surface area (Å²) in [6, 6.07) is 2.24. The Kier molecular flexibility index (Phi) is 1.67. The van der Waals surface area contributed by atoms with Gasteiger partial charge in [-0.2, -0.15) is 5.26 Å². The van der Waals surface area contributed by atoms with Crippen LogP contribution in [0.5, 0.6) is 0 Å². The maximum absolute atomic E-state index is 8.92. The summed E-state index contributed by atoms with van der Waals surface area (Å²) in [5.41, 5.74) is -0.505. The molecule has 1 aliphatic carbocycles. The van der Waals surface area contributed by atoms with Crippen LogP contribution in [0.1, 0.15) is 19.8 Å². The molecule has 12 heavy (non-hydrogen) atoms. The van der Waals surface area contributed by atoms with E-state index in [-0.39, 0.29) is 18.1 Å². The lowest BCUT2D eigenvalue weighted by Gasteiger charge is -2.43. The van der Waals surface area contributed by atoms with Crippen LogP contribution in [0.25, 0.3) is 0 Å². The molecule has 2 aliphatic rings. The summed E-state index contributed by atoms with van der Waals surface area (Å²) in [5, 5.41) is 12.1. The average Bonchev–Trinajstić information content (AvgIpc) is 2.74. The van der Waals surface area contributed by atoms with E-state index in [2.05, 4.69) is 11.4 Å². The minimum atomic E-state index is -0.505. The van der Waals surface area contributed by atoms with Crippen molar-refractivity contribution in [3.05, 3.63) is 0 Å². The molecule has 0 amide bonds. The molecular formula is C8H11BN2O. The van der Waals surface area contributed by atoms with Crippen molar-refractivity contribution in [3.8, 4) is 6.07 Å². The van der Waals surface area contributed by atoms with Gasteiger partial charge in [0.15, 0.2) is 0 Å². The minimum Gasteiger partial charge on any atom is -0.353 e. The van der Waals surface area contributed by atoms with Crippen molar-refractivity contribution in [2.24, 2.45) is 0 Å². The van der Waals surface area contributed by atoms with E-state index in [4.69, 9.17) is 17.8 Å². The topological polar surface area (TPSA) is 48.4 Å². The summed E-state index contributed by atoms with van der Waals surface area (Å²) >= 11 is 0. The van der Waals surface area contributed by atoms with Gasteiger partial charge in [-0.25, -0.2) is 0 Å². The summed E-state index contributed by atoms with van der Waals surface area (Å²) in [6.07, 6.45) is 2.07. The van der Waals surface area contributed by atoms with E-state index in [9.17, 15) is 0 Å². The number of nitriles is 1. The molecule has 2 unspecified atom stereocenters. The lowest BCUT2D eigenvalue weighted by atomic mass is 9.57. The molecule has 0 spiro atoms. The third kappa shape index (κ3) is 1.05. The van der Waals surface area contributed by atoms with Crippen LogP contribution in [0.15, 0.2) is 0 Å². The number of ether oxygens (including phenoxy) is 1. The van der Waals surface area contributed by atoms with Crippen LogP contribution in [0.3, 0.4) is 0 Å². The van der Waals surface area contributed by atoms with Gasteiger partial charge in [0, 0.05) is 0 Å². The molecule has 1 saturated carbocycles. The second-order valence-corrected chi connectivity index (χ2v) is 3.63. The smallest absolute Gasteiger partial charge is 0.136 e. The Morgan fingerprint density at radius 2 is 2.42 bits per heavy atom. The van der Waals surface area contributed by atoms with Crippen molar-refractivity contribution in [1.82, 2.24) is 5.32 Å². The normalized spacial score (nSPS) is 50.8. The van der Waals surface area contributed by atoms with Crippen molar-refractivity contribution in [2.45, 2.75) is 43.5 Å². The molecule has 0 aromatic heterocycles.